The minimum absolute atomic E-state index is 0.0718. The standard InChI is InChI=1S/C6H13NO2.C3H4N2/c1-3-4(2)5(7)6(8)9;1-2-5-3-4-1/h4-5H,3,7H2,1-2H3,(H,8,9);1-3H,(H,4,5). The molecule has 2 atom stereocenters. The van der Waals surface area contributed by atoms with E-state index in [2.05, 4.69) is 9.97 Å². The average Bonchev–Trinajstić information content (AvgIpc) is 2.73. The van der Waals surface area contributed by atoms with Gasteiger partial charge in [0.05, 0.1) is 6.33 Å². The van der Waals surface area contributed by atoms with Crippen LogP contribution in [0.4, 0.5) is 0 Å². The number of hydrogen-bond donors (Lipinski definition) is 3. The van der Waals surface area contributed by atoms with Crippen molar-refractivity contribution < 1.29 is 9.90 Å². The highest BCUT2D eigenvalue weighted by atomic mass is 16.4. The summed E-state index contributed by atoms with van der Waals surface area (Å²) in [5.41, 5.74) is 5.27. The molecule has 0 saturated carbocycles. The van der Waals surface area contributed by atoms with Gasteiger partial charge in [-0.15, -0.1) is 0 Å². The molecular formula is C9H17N3O2. The number of carboxylic acids is 1. The van der Waals surface area contributed by atoms with Crippen molar-refractivity contribution in [1.82, 2.24) is 9.97 Å². The van der Waals surface area contributed by atoms with Crippen molar-refractivity contribution in [2.45, 2.75) is 26.3 Å². The van der Waals surface area contributed by atoms with E-state index in [1.807, 2.05) is 13.8 Å². The van der Waals surface area contributed by atoms with Crippen molar-refractivity contribution in [2.75, 3.05) is 0 Å². The fraction of sp³-hybridized carbons (Fsp3) is 0.556. The number of rotatable bonds is 3. The number of aliphatic carboxylic acids is 1. The molecule has 0 saturated heterocycles. The Bertz CT molecular complexity index is 219. The van der Waals surface area contributed by atoms with Crippen LogP contribution in [0.3, 0.4) is 0 Å². The van der Waals surface area contributed by atoms with E-state index in [0.717, 1.165) is 6.42 Å². The molecule has 0 aliphatic heterocycles. The molecule has 0 spiro atoms. The Morgan fingerprint density at radius 2 is 2.36 bits per heavy atom. The maximum absolute atomic E-state index is 10.2. The molecular weight excluding hydrogens is 182 g/mol. The Kier molecular flexibility index (Phi) is 6.39. The normalized spacial score (nSPS) is 13.6. The topological polar surface area (TPSA) is 92.0 Å². The van der Waals surface area contributed by atoms with E-state index in [1.54, 1.807) is 18.7 Å². The number of hydrogen-bond acceptors (Lipinski definition) is 3. The summed E-state index contributed by atoms with van der Waals surface area (Å²) < 4.78 is 0. The summed E-state index contributed by atoms with van der Waals surface area (Å²) >= 11 is 0. The molecule has 0 aromatic carbocycles. The molecule has 0 bridgehead atoms. The van der Waals surface area contributed by atoms with Crippen LogP contribution in [0.2, 0.25) is 0 Å². The number of imidazole rings is 1. The van der Waals surface area contributed by atoms with Gasteiger partial charge >= 0.3 is 5.97 Å². The molecule has 0 radical (unpaired) electrons. The monoisotopic (exact) mass is 199 g/mol. The lowest BCUT2D eigenvalue weighted by molar-refractivity contribution is -0.139. The summed E-state index contributed by atoms with van der Waals surface area (Å²) in [5.74, 6) is -0.841. The van der Waals surface area contributed by atoms with Crippen LogP contribution in [0.15, 0.2) is 18.7 Å². The van der Waals surface area contributed by atoms with Gasteiger partial charge in [0, 0.05) is 12.4 Å². The number of H-pyrrole nitrogens is 1. The van der Waals surface area contributed by atoms with Gasteiger partial charge < -0.3 is 15.8 Å². The highest BCUT2D eigenvalue weighted by Crippen LogP contribution is 2.04. The highest BCUT2D eigenvalue weighted by molar-refractivity contribution is 5.73. The lowest BCUT2D eigenvalue weighted by atomic mass is 10.0. The molecule has 5 nitrogen and oxygen atoms in total. The van der Waals surface area contributed by atoms with E-state index in [4.69, 9.17) is 10.8 Å². The van der Waals surface area contributed by atoms with Crippen molar-refractivity contribution in [3.8, 4) is 0 Å². The van der Waals surface area contributed by atoms with Gasteiger partial charge in [0.2, 0.25) is 0 Å². The summed E-state index contributed by atoms with van der Waals surface area (Å²) in [7, 11) is 0. The van der Waals surface area contributed by atoms with Gasteiger partial charge in [-0.05, 0) is 5.92 Å². The number of nitrogens with one attached hydrogen (secondary N) is 1. The molecule has 14 heavy (non-hydrogen) atoms. The maximum Gasteiger partial charge on any atom is 0.320 e. The lowest BCUT2D eigenvalue weighted by Crippen LogP contribution is -2.36. The fourth-order valence-electron chi connectivity index (χ4n) is 0.712. The van der Waals surface area contributed by atoms with Gasteiger partial charge in [-0.2, -0.15) is 0 Å². The van der Waals surface area contributed by atoms with Crippen LogP contribution < -0.4 is 5.73 Å². The summed E-state index contributed by atoms with van der Waals surface area (Å²) in [6.45, 7) is 3.76. The van der Waals surface area contributed by atoms with Crippen LogP contribution in [-0.4, -0.2) is 27.1 Å². The minimum atomic E-state index is -0.913. The predicted octanol–water partition coefficient (Wildman–Crippen LogP) is 0.854. The molecule has 0 aliphatic carbocycles. The van der Waals surface area contributed by atoms with Gasteiger partial charge in [0.15, 0.2) is 0 Å². The highest BCUT2D eigenvalue weighted by Gasteiger charge is 2.17. The first kappa shape index (κ1) is 12.6. The molecule has 1 rings (SSSR count). The lowest BCUT2D eigenvalue weighted by Gasteiger charge is -2.11. The van der Waals surface area contributed by atoms with Crippen molar-refractivity contribution in [3.05, 3.63) is 18.7 Å². The first-order valence-electron chi connectivity index (χ1n) is 4.50. The second-order valence-corrected chi connectivity index (χ2v) is 3.01. The second-order valence-electron chi connectivity index (χ2n) is 3.01. The molecule has 4 N–H and O–H groups in total. The van der Waals surface area contributed by atoms with Gasteiger partial charge in [-0.25, -0.2) is 4.98 Å². The van der Waals surface area contributed by atoms with E-state index in [9.17, 15) is 4.79 Å². The van der Waals surface area contributed by atoms with Gasteiger partial charge in [-0.3, -0.25) is 4.79 Å². The number of aromatic amines is 1. The van der Waals surface area contributed by atoms with Crippen molar-refractivity contribution in [2.24, 2.45) is 11.7 Å². The van der Waals surface area contributed by atoms with Gasteiger partial charge in [0.25, 0.3) is 0 Å². The quantitative estimate of drug-likeness (QED) is 0.673. The Hall–Kier alpha value is -1.36. The molecule has 1 aromatic heterocycles. The van der Waals surface area contributed by atoms with E-state index < -0.39 is 12.0 Å². The van der Waals surface area contributed by atoms with Crippen LogP contribution in [0, 0.1) is 5.92 Å². The largest absolute Gasteiger partial charge is 0.480 e. The Labute approximate surface area is 83.4 Å². The van der Waals surface area contributed by atoms with E-state index >= 15 is 0 Å². The fourth-order valence-corrected chi connectivity index (χ4v) is 0.712. The predicted molar refractivity (Wildman–Crippen MR) is 53.7 cm³/mol. The van der Waals surface area contributed by atoms with Crippen LogP contribution in [0.5, 0.6) is 0 Å². The molecule has 80 valence electrons. The minimum Gasteiger partial charge on any atom is -0.480 e. The third-order valence-corrected chi connectivity index (χ3v) is 1.95. The Morgan fingerprint density at radius 3 is 2.50 bits per heavy atom. The third kappa shape index (κ3) is 5.31. The van der Waals surface area contributed by atoms with Gasteiger partial charge in [0.1, 0.15) is 6.04 Å². The summed E-state index contributed by atoms with van der Waals surface area (Å²) in [5, 5.41) is 8.36. The maximum atomic E-state index is 10.2. The van der Waals surface area contributed by atoms with Crippen LogP contribution in [-0.2, 0) is 4.79 Å². The Balaban J connectivity index is 0.000000280. The number of carbonyl (C=O) groups is 1. The zero-order valence-corrected chi connectivity index (χ0v) is 8.47. The summed E-state index contributed by atoms with van der Waals surface area (Å²) in [6, 6.07) is -0.699. The molecule has 2 unspecified atom stereocenters. The van der Waals surface area contributed by atoms with Crippen molar-refractivity contribution in [3.63, 3.8) is 0 Å². The number of nitrogens with zero attached hydrogens (tertiary/aromatic N) is 1. The summed E-state index contributed by atoms with van der Waals surface area (Å²) in [4.78, 5) is 16.6. The first-order chi connectivity index (χ1) is 6.59. The third-order valence-electron chi connectivity index (χ3n) is 1.95. The first-order valence-corrected chi connectivity index (χ1v) is 4.50. The Morgan fingerprint density at radius 1 is 1.71 bits per heavy atom. The van der Waals surface area contributed by atoms with Crippen molar-refractivity contribution >= 4 is 5.97 Å². The molecule has 0 aliphatic rings. The molecule has 1 aromatic rings. The van der Waals surface area contributed by atoms with E-state index in [0.29, 0.717) is 0 Å². The number of carboxylic acid groups (broad SMARTS) is 1. The zero-order chi connectivity index (χ0) is 11.0. The number of nitrogens with two attached hydrogens (primary N) is 1. The van der Waals surface area contributed by atoms with Crippen LogP contribution >= 0.6 is 0 Å². The molecule has 0 amide bonds. The average molecular weight is 199 g/mol. The van der Waals surface area contributed by atoms with E-state index in [1.165, 1.54) is 0 Å². The molecule has 1 heterocycles. The van der Waals surface area contributed by atoms with Gasteiger partial charge in [-0.1, -0.05) is 20.3 Å². The summed E-state index contributed by atoms with van der Waals surface area (Å²) in [6.07, 6.45) is 5.90. The van der Waals surface area contributed by atoms with Crippen molar-refractivity contribution in [1.29, 1.82) is 0 Å². The molecule has 0 fully saturated rings. The number of aromatic nitrogens is 2. The smallest absolute Gasteiger partial charge is 0.320 e. The SMILES string of the molecule is CCC(C)C(N)C(=O)O.c1c[nH]cn1. The zero-order valence-electron chi connectivity index (χ0n) is 8.47. The van der Waals surface area contributed by atoms with E-state index in [-0.39, 0.29) is 5.92 Å². The van der Waals surface area contributed by atoms with Crippen LogP contribution in [0.1, 0.15) is 20.3 Å². The van der Waals surface area contributed by atoms with Crippen LogP contribution in [0.25, 0.3) is 0 Å². The second kappa shape index (κ2) is 7.08. The molecule has 5 heteroatoms.